The number of hydrogen-bond acceptors (Lipinski definition) is 19. The smallest absolute Gasteiger partial charge is 0.306 e. The monoisotopic (exact) mass is 853 g/mol. The van der Waals surface area contributed by atoms with Crippen molar-refractivity contribution in [3.63, 3.8) is 0 Å². The summed E-state index contributed by atoms with van der Waals surface area (Å²) in [5.41, 5.74) is -0.159. The number of carboxylic acids is 1. The third-order valence-corrected chi connectivity index (χ3v) is 13.4. The van der Waals surface area contributed by atoms with E-state index in [9.17, 15) is 29.4 Å². The highest BCUT2D eigenvalue weighted by Crippen LogP contribution is 2.70. The number of aliphatic hydroxyl groups is 1. The first-order chi connectivity index (χ1) is 27.2. The van der Waals surface area contributed by atoms with Gasteiger partial charge < -0.3 is 34.5 Å². The Kier molecular flexibility index (Phi) is 16.5. The summed E-state index contributed by atoms with van der Waals surface area (Å²) in [5.74, 6) is -3.71. The van der Waals surface area contributed by atoms with Gasteiger partial charge in [0.15, 0.2) is 37.0 Å². The summed E-state index contributed by atoms with van der Waals surface area (Å²) in [4.78, 5) is 51.1. The Morgan fingerprint density at radius 1 is 0.982 bits per heavy atom. The molecule has 2 bridgehead atoms. The molecule has 1 amide bonds. The van der Waals surface area contributed by atoms with E-state index in [1.165, 1.54) is 0 Å². The molecule has 0 aromatic carbocycles. The molecule has 5 N–H and O–H groups in total. The molecule has 5 rings (SSSR count). The normalized spacial score (nSPS) is 37.3. The van der Waals surface area contributed by atoms with Crippen LogP contribution in [0.5, 0.6) is 0 Å². The molecule has 0 radical (unpaired) electrons. The van der Waals surface area contributed by atoms with Crippen LogP contribution in [0.1, 0.15) is 91.9 Å². The number of carbonyl (C=O) groups is 4. The number of carbonyl (C=O) groups excluding carboxylic acids is 3. The second-order valence-corrected chi connectivity index (χ2v) is 17.2. The molecule has 0 aromatic heterocycles. The van der Waals surface area contributed by atoms with Crippen molar-refractivity contribution in [3.8, 4) is 0 Å². The fraction of sp³-hybridized carbons (Fsp3) is 0.833. The third kappa shape index (κ3) is 10.4. The van der Waals surface area contributed by atoms with Crippen molar-refractivity contribution in [1.29, 1.82) is 0 Å². The van der Waals surface area contributed by atoms with Crippen molar-refractivity contribution in [1.82, 2.24) is 5.32 Å². The summed E-state index contributed by atoms with van der Waals surface area (Å²) in [7, 11) is 0. The van der Waals surface area contributed by atoms with E-state index in [2.05, 4.69) is 37.6 Å². The fourth-order valence-electron chi connectivity index (χ4n) is 10.4. The number of hydrogen-bond donors (Lipinski definition) is 5. The minimum absolute atomic E-state index is 0.0207. The standard InChI is InChI=1S/C36H55NO18S2/c1-6-37-26(38)9-10-27(39)46-17-24-29(50-56-54-52-44)30(51-57-55-53-45)31(49-28(40)13-18(2)3)34(48-24)47-21-14-22(33(42)43)23-11-12-36-15-20(19(4)32(36)41)7-8-25(36)35(23,5)16-21/h18,20-25,29-32,34,41,44-45H,4,6-17H2,1-3,5H3,(H,37,38)(H,42,43)/t20?,21?,22?,23?,24-,25?,29-,30-,31?,32+,34+,35?,36?/m1/s1. The average Bonchev–Trinajstić information content (AvgIpc) is 3.33. The first kappa shape index (κ1) is 46.0. The van der Waals surface area contributed by atoms with Gasteiger partial charge in [-0.25, -0.2) is 10.5 Å². The van der Waals surface area contributed by atoms with Crippen LogP contribution in [0, 0.1) is 40.4 Å². The summed E-state index contributed by atoms with van der Waals surface area (Å²) in [5, 5.41) is 49.8. The van der Waals surface area contributed by atoms with Gasteiger partial charge in [-0.3, -0.25) is 27.5 Å². The predicted molar refractivity (Wildman–Crippen MR) is 196 cm³/mol. The number of aliphatic hydroxyl groups excluding tert-OH is 1. The SMILES string of the molecule is C=C1C2CCC3C4(C)CC(O[C@H]5O[C@H](COC(=O)CCC(=O)NCC)[C@@H](OSOOO)[C@@H](OSOOO)C5OC(=O)CC(C)C)CC(C(=O)O)C4CCC3(C2)[C@H]1O. The molecule has 19 nitrogen and oxygen atoms in total. The van der Waals surface area contributed by atoms with Crippen LogP contribution >= 0.6 is 24.6 Å². The van der Waals surface area contributed by atoms with E-state index in [4.69, 9.17) is 37.8 Å². The van der Waals surface area contributed by atoms with Gasteiger partial charge in [0.25, 0.3) is 0 Å². The molecule has 1 heterocycles. The first-order valence-corrected chi connectivity index (χ1v) is 20.6. The van der Waals surface area contributed by atoms with Gasteiger partial charge in [0, 0.05) is 24.8 Å². The van der Waals surface area contributed by atoms with Gasteiger partial charge in [-0.2, -0.15) is 0 Å². The van der Waals surface area contributed by atoms with Crippen LogP contribution in [-0.2, 0) is 65.2 Å². The van der Waals surface area contributed by atoms with Gasteiger partial charge in [-0.1, -0.05) is 37.4 Å². The van der Waals surface area contributed by atoms with Crippen molar-refractivity contribution >= 4 is 48.5 Å². The second kappa shape index (κ2) is 20.4. The zero-order valence-corrected chi connectivity index (χ0v) is 34.1. The predicted octanol–water partition coefficient (Wildman–Crippen LogP) is 4.50. The van der Waals surface area contributed by atoms with Gasteiger partial charge in [-0.15, -0.1) is 8.67 Å². The number of carboxylic acid groups (broad SMARTS) is 1. The van der Waals surface area contributed by atoms with Crippen LogP contribution in [0.15, 0.2) is 12.2 Å². The van der Waals surface area contributed by atoms with Gasteiger partial charge in [0.05, 0.1) is 24.5 Å². The molecule has 1 saturated heterocycles. The van der Waals surface area contributed by atoms with Crippen LogP contribution in [0.25, 0.3) is 0 Å². The molecule has 13 atom stereocenters. The second-order valence-electron chi connectivity index (χ2n) is 16.3. The number of rotatable bonds is 20. The van der Waals surface area contributed by atoms with Crippen molar-refractivity contribution in [2.45, 2.75) is 135 Å². The average molecular weight is 854 g/mol. The highest BCUT2D eigenvalue weighted by Gasteiger charge is 2.67. The Balaban J connectivity index is 1.47. The lowest BCUT2D eigenvalue weighted by atomic mass is 9.43. The lowest BCUT2D eigenvalue weighted by molar-refractivity contribution is -0.436. The number of fused-ring (bicyclic) bond motifs is 3. The number of nitrogens with one attached hydrogen (secondary N) is 1. The van der Waals surface area contributed by atoms with Crippen molar-refractivity contribution in [3.05, 3.63) is 12.2 Å². The van der Waals surface area contributed by atoms with Crippen LogP contribution < -0.4 is 5.32 Å². The van der Waals surface area contributed by atoms with Crippen LogP contribution in [0.4, 0.5) is 0 Å². The first-order valence-electron chi connectivity index (χ1n) is 19.3. The number of esters is 2. The lowest BCUT2D eigenvalue weighted by Crippen LogP contribution is -2.63. The van der Waals surface area contributed by atoms with Crippen LogP contribution in [0.2, 0.25) is 0 Å². The van der Waals surface area contributed by atoms with E-state index >= 15 is 0 Å². The molecule has 5 aliphatic rings. The minimum Gasteiger partial charge on any atom is -0.481 e. The fourth-order valence-corrected chi connectivity index (χ4v) is 11.2. The quantitative estimate of drug-likeness (QED) is 0.0215. The van der Waals surface area contributed by atoms with Gasteiger partial charge in [0.1, 0.15) is 24.9 Å². The Bertz CT molecular complexity index is 1420. The van der Waals surface area contributed by atoms with Gasteiger partial charge in [-0.05, 0) is 86.5 Å². The van der Waals surface area contributed by atoms with Crippen LogP contribution in [0.3, 0.4) is 0 Å². The van der Waals surface area contributed by atoms with Gasteiger partial charge in [0.2, 0.25) is 5.91 Å². The molecule has 0 aromatic rings. The van der Waals surface area contributed by atoms with E-state index in [0.717, 1.165) is 24.8 Å². The molecular weight excluding hydrogens is 799 g/mol. The number of amides is 1. The largest absolute Gasteiger partial charge is 0.481 e. The molecule has 1 spiro atoms. The highest BCUT2D eigenvalue weighted by atomic mass is 32.2. The summed E-state index contributed by atoms with van der Waals surface area (Å²) >= 11 is 0.260. The summed E-state index contributed by atoms with van der Waals surface area (Å²) in [6.07, 6.45) is -4.76. The summed E-state index contributed by atoms with van der Waals surface area (Å²) in [6.45, 7) is 11.5. The molecule has 8 unspecified atom stereocenters. The van der Waals surface area contributed by atoms with E-state index in [0.29, 0.717) is 25.8 Å². The minimum atomic E-state index is -1.50. The highest BCUT2D eigenvalue weighted by molar-refractivity contribution is 7.90. The van der Waals surface area contributed by atoms with Gasteiger partial charge >= 0.3 is 17.9 Å². The number of aliphatic carboxylic acids is 1. The molecule has 4 saturated carbocycles. The lowest BCUT2D eigenvalue weighted by Gasteiger charge is -2.62. The zero-order chi connectivity index (χ0) is 41.5. The third-order valence-electron chi connectivity index (χ3n) is 12.6. The topological polar surface area (TPSA) is 254 Å². The Morgan fingerprint density at radius 2 is 1.68 bits per heavy atom. The maximum Gasteiger partial charge on any atom is 0.306 e. The molecule has 1 aliphatic heterocycles. The maximum atomic E-state index is 13.3. The van der Waals surface area contributed by atoms with E-state index in [-0.39, 0.29) is 79.9 Å². The molecule has 57 heavy (non-hydrogen) atoms. The number of ether oxygens (including phenoxy) is 4. The van der Waals surface area contributed by atoms with Crippen molar-refractivity contribution in [2.24, 2.45) is 40.4 Å². The Hall–Kier alpha value is -2.12. The zero-order valence-electron chi connectivity index (χ0n) is 32.4. The molecule has 324 valence electrons. The Labute approximate surface area is 339 Å². The Morgan fingerprint density at radius 3 is 2.33 bits per heavy atom. The summed E-state index contributed by atoms with van der Waals surface area (Å²) in [6, 6.07) is 0. The summed E-state index contributed by atoms with van der Waals surface area (Å²) < 4.78 is 44.9. The van der Waals surface area contributed by atoms with Crippen molar-refractivity contribution < 1.29 is 86.0 Å². The van der Waals surface area contributed by atoms with Crippen LogP contribution in [-0.4, -0.2) is 101 Å². The molecule has 21 heteroatoms. The molecular formula is C36H55NO18S2. The van der Waals surface area contributed by atoms with E-state index in [1.807, 2.05) is 0 Å². The molecule has 4 aliphatic carbocycles. The van der Waals surface area contributed by atoms with E-state index in [1.54, 1.807) is 20.8 Å². The van der Waals surface area contributed by atoms with Crippen molar-refractivity contribution in [2.75, 3.05) is 13.2 Å². The maximum absolute atomic E-state index is 13.3. The molecule has 5 fully saturated rings. The van der Waals surface area contributed by atoms with E-state index < -0.39 is 84.2 Å².